The molecule has 0 fully saturated rings. The third kappa shape index (κ3) is 2.34. The summed E-state index contributed by atoms with van der Waals surface area (Å²) in [4.78, 5) is 0. The van der Waals surface area contributed by atoms with Crippen molar-refractivity contribution in [1.82, 2.24) is 9.88 Å². The summed E-state index contributed by atoms with van der Waals surface area (Å²) >= 11 is 0. The fourth-order valence-corrected chi connectivity index (χ4v) is 1.91. The van der Waals surface area contributed by atoms with Gasteiger partial charge in [-0.2, -0.15) is 0 Å². The Morgan fingerprint density at radius 3 is 2.62 bits per heavy atom. The van der Waals surface area contributed by atoms with Gasteiger partial charge in [0.15, 0.2) is 0 Å². The van der Waals surface area contributed by atoms with Crippen LogP contribution in [0.15, 0.2) is 48.8 Å². The number of hydrogen-bond acceptors (Lipinski definition) is 1. The van der Waals surface area contributed by atoms with Crippen LogP contribution in [0.4, 0.5) is 0 Å². The van der Waals surface area contributed by atoms with Crippen molar-refractivity contribution in [3.63, 3.8) is 0 Å². The number of nitrogens with one attached hydrogen (secondary N) is 1. The fourth-order valence-electron chi connectivity index (χ4n) is 1.91. The van der Waals surface area contributed by atoms with Gasteiger partial charge in [0.05, 0.1) is 6.04 Å². The first-order valence-corrected chi connectivity index (χ1v) is 5.67. The Kier molecular flexibility index (Phi) is 3.42. The SMILES string of the molecule is CNCc1ccn([C@@H](C)c2ccccc2)c1. The van der Waals surface area contributed by atoms with Crippen LogP contribution in [0, 0.1) is 0 Å². The molecule has 16 heavy (non-hydrogen) atoms. The third-order valence-electron chi connectivity index (χ3n) is 2.89. The first-order chi connectivity index (χ1) is 7.81. The van der Waals surface area contributed by atoms with Gasteiger partial charge < -0.3 is 9.88 Å². The van der Waals surface area contributed by atoms with Gasteiger partial charge >= 0.3 is 0 Å². The van der Waals surface area contributed by atoms with E-state index in [9.17, 15) is 0 Å². The van der Waals surface area contributed by atoms with Crippen LogP contribution in [0.2, 0.25) is 0 Å². The summed E-state index contributed by atoms with van der Waals surface area (Å²) in [6, 6.07) is 13.1. The molecular weight excluding hydrogens is 196 g/mol. The van der Waals surface area contributed by atoms with Gasteiger partial charge in [-0.05, 0) is 31.2 Å². The smallest absolute Gasteiger partial charge is 0.0551 e. The zero-order chi connectivity index (χ0) is 11.4. The fraction of sp³-hybridized carbons (Fsp3) is 0.286. The van der Waals surface area contributed by atoms with Crippen molar-refractivity contribution in [2.45, 2.75) is 19.5 Å². The van der Waals surface area contributed by atoms with Gasteiger partial charge in [0, 0.05) is 18.9 Å². The summed E-state index contributed by atoms with van der Waals surface area (Å²) in [5.74, 6) is 0. The maximum Gasteiger partial charge on any atom is 0.0551 e. The van der Waals surface area contributed by atoms with E-state index in [1.807, 2.05) is 7.05 Å². The Bertz CT molecular complexity index is 431. The van der Waals surface area contributed by atoms with Gasteiger partial charge in [-0.15, -0.1) is 0 Å². The molecule has 0 saturated carbocycles. The van der Waals surface area contributed by atoms with E-state index in [1.165, 1.54) is 11.1 Å². The lowest BCUT2D eigenvalue weighted by molar-refractivity contribution is 0.640. The standard InChI is InChI=1S/C14H18N2/c1-12(14-6-4-3-5-7-14)16-9-8-13(11-16)10-15-2/h3-9,11-12,15H,10H2,1-2H3/t12-/m0/s1. The van der Waals surface area contributed by atoms with Crippen molar-refractivity contribution in [3.05, 3.63) is 59.9 Å². The van der Waals surface area contributed by atoms with Crippen molar-refractivity contribution < 1.29 is 0 Å². The Hall–Kier alpha value is -1.54. The first kappa shape index (κ1) is 11.0. The minimum absolute atomic E-state index is 0.395. The number of nitrogens with zero attached hydrogens (tertiary/aromatic N) is 1. The Labute approximate surface area is 96.9 Å². The van der Waals surface area contributed by atoms with Crippen LogP contribution in [-0.4, -0.2) is 11.6 Å². The minimum atomic E-state index is 0.395. The number of hydrogen-bond donors (Lipinski definition) is 1. The Balaban J connectivity index is 2.17. The van der Waals surface area contributed by atoms with E-state index in [0.717, 1.165) is 6.54 Å². The van der Waals surface area contributed by atoms with Gasteiger partial charge in [-0.1, -0.05) is 30.3 Å². The molecule has 0 amide bonds. The monoisotopic (exact) mass is 214 g/mol. The summed E-state index contributed by atoms with van der Waals surface area (Å²) in [7, 11) is 1.97. The second-order valence-electron chi connectivity index (χ2n) is 4.08. The molecule has 0 saturated heterocycles. The maximum absolute atomic E-state index is 3.16. The summed E-state index contributed by atoms with van der Waals surface area (Å²) in [6.45, 7) is 3.15. The van der Waals surface area contributed by atoms with Crippen LogP contribution in [0.5, 0.6) is 0 Å². The van der Waals surface area contributed by atoms with Crippen LogP contribution in [0.1, 0.15) is 24.1 Å². The van der Waals surface area contributed by atoms with E-state index < -0.39 is 0 Å². The Morgan fingerprint density at radius 2 is 1.94 bits per heavy atom. The van der Waals surface area contributed by atoms with Gasteiger partial charge in [0.2, 0.25) is 0 Å². The second kappa shape index (κ2) is 4.99. The number of benzene rings is 1. The predicted molar refractivity (Wildman–Crippen MR) is 67.5 cm³/mol. The zero-order valence-electron chi connectivity index (χ0n) is 9.85. The number of rotatable bonds is 4. The topological polar surface area (TPSA) is 17.0 Å². The van der Waals surface area contributed by atoms with Crippen LogP contribution in [0.25, 0.3) is 0 Å². The van der Waals surface area contributed by atoms with Gasteiger partial charge in [0.1, 0.15) is 0 Å². The average molecular weight is 214 g/mol. The van der Waals surface area contributed by atoms with Crippen molar-refractivity contribution in [3.8, 4) is 0 Å². The molecule has 0 aliphatic rings. The molecular formula is C14H18N2. The van der Waals surface area contributed by atoms with Crippen LogP contribution >= 0.6 is 0 Å². The van der Waals surface area contributed by atoms with Crippen LogP contribution in [0.3, 0.4) is 0 Å². The number of aromatic nitrogens is 1. The van der Waals surface area contributed by atoms with Crippen molar-refractivity contribution >= 4 is 0 Å². The van der Waals surface area contributed by atoms with E-state index in [2.05, 4.69) is 65.6 Å². The van der Waals surface area contributed by atoms with Gasteiger partial charge in [-0.25, -0.2) is 0 Å². The highest BCUT2D eigenvalue weighted by atomic mass is 15.0. The first-order valence-electron chi connectivity index (χ1n) is 5.67. The summed E-state index contributed by atoms with van der Waals surface area (Å²) < 4.78 is 2.25. The normalized spacial score (nSPS) is 12.6. The molecule has 2 rings (SSSR count). The molecule has 0 spiro atoms. The van der Waals surface area contributed by atoms with E-state index in [4.69, 9.17) is 0 Å². The lowest BCUT2D eigenvalue weighted by Crippen LogP contribution is -2.06. The molecule has 1 aromatic heterocycles. The lowest BCUT2D eigenvalue weighted by Gasteiger charge is -2.13. The van der Waals surface area contributed by atoms with Gasteiger partial charge in [0.25, 0.3) is 0 Å². The highest BCUT2D eigenvalue weighted by Gasteiger charge is 2.06. The second-order valence-corrected chi connectivity index (χ2v) is 4.08. The third-order valence-corrected chi connectivity index (χ3v) is 2.89. The molecule has 2 heteroatoms. The highest BCUT2D eigenvalue weighted by Crippen LogP contribution is 2.18. The minimum Gasteiger partial charge on any atom is -0.347 e. The summed E-state index contributed by atoms with van der Waals surface area (Å²) in [5.41, 5.74) is 2.67. The van der Waals surface area contributed by atoms with Crippen LogP contribution < -0.4 is 5.32 Å². The Morgan fingerprint density at radius 1 is 1.19 bits per heavy atom. The highest BCUT2D eigenvalue weighted by molar-refractivity contribution is 5.21. The van der Waals surface area contributed by atoms with Crippen molar-refractivity contribution in [2.24, 2.45) is 0 Å². The molecule has 1 N–H and O–H groups in total. The largest absolute Gasteiger partial charge is 0.347 e. The molecule has 0 bridgehead atoms. The molecule has 0 aliphatic heterocycles. The predicted octanol–water partition coefficient (Wildman–Crippen LogP) is 2.82. The van der Waals surface area contributed by atoms with Crippen LogP contribution in [-0.2, 0) is 6.54 Å². The molecule has 1 aromatic carbocycles. The van der Waals surface area contributed by atoms with Crippen molar-refractivity contribution in [2.75, 3.05) is 7.05 Å². The van der Waals surface area contributed by atoms with E-state index >= 15 is 0 Å². The zero-order valence-corrected chi connectivity index (χ0v) is 9.85. The van der Waals surface area contributed by atoms with E-state index in [1.54, 1.807) is 0 Å². The summed E-state index contributed by atoms with van der Waals surface area (Å²) in [6.07, 6.45) is 4.35. The molecule has 0 radical (unpaired) electrons. The average Bonchev–Trinajstić information content (AvgIpc) is 2.78. The molecule has 1 heterocycles. The molecule has 2 aromatic rings. The molecule has 1 atom stereocenters. The molecule has 0 aliphatic carbocycles. The summed E-state index contributed by atoms with van der Waals surface area (Å²) in [5, 5.41) is 3.16. The van der Waals surface area contributed by atoms with Crippen molar-refractivity contribution in [1.29, 1.82) is 0 Å². The molecule has 0 unspecified atom stereocenters. The molecule has 2 nitrogen and oxygen atoms in total. The quantitative estimate of drug-likeness (QED) is 0.828. The van der Waals surface area contributed by atoms with E-state index in [-0.39, 0.29) is 0 Å². The van der Waals surface area contributed by atoms with E-state index in [0.29, 0.717) is 6.04 Å². The molecule has 84 valence electrons. The van der Waals surface area contributed by atoms with Gasteiger partial charge in [-0.3, -0.25) is 0 Å². The maximum atomic E-state index is 3.16. The lowest BCUT2D eigenvalue weighted by atomic mass is 10.1.